The molecule has 0 heterocycles. The number of nitrogens with one attached hydrogen (secondary N) is 1. The van der Waals surface area contributed by atoms with Crippen molar-refractivity contribution < 1.29 is 0 Å². The van der Waals surface area contributed by atoms with Crippen molar-refractivity contribution in [3.8, 4) is 0 Å². The zero-order chi connectivity index (χ0) is 10.7. The van der Waals surface area contributed by atoms with Crippen molar-refractivity contribution in [1.29, 1.82) is 0 Å². The Bertz CT molecular complexity index is 175. The molecule has 0 radical (unpaired) electrons. The van der Waals surface area contributed by atoms with Gasteiger partial charge >= 0.3 is 0 Å². The Morgan fingerprint density at radius 1 is 1.07 bits per heavy atom. The van der Waals surface area contributed by atoms with Crippen molar-refractivity contribution in [3.05, 3.63) is 0 Å². The van der Waals surface area contributed by atoms with Gasteiger partial charge in [0, 0.05) is 17.3 Å². The van der Waals surface area contributed by atoms with Gasteiger partial charge in [-0.15, -0.1) is 0 Å². The van der Waals surface area contributed by atoms with Gasteiger partial charge in [-0.1, -0.05) is 26.2 Å². The maximum Gasteiger partial charge on any atom is 0.0198 e. The van der Waals surface area contributed by atoms with E-state index in [0.29, 0.717) is 0 Å². The van der Waals surface area contributed by atoms with Gasteiger partial charge in [0.15, 0.2) is 0 Å². The molecule has 2 rings (SSSR count). The Kier molecular flexibility index (Phi) is 4.39. The second kappa shape index (κ2) is 5.58. The zero-order valence-electron chi connectivity index (χ0n) is 10.2. The fourth-order valence-electron chi connectivity index (χ4n) is 3.42. The van der Waals surface area contributed by atoms with E-state index in [2.05, 4.69) is 30.3 Å². The first-order chi connectivity index (χ1) is 7.35. The van der Waals surface area contributed by atoms with Crippen LogP contribution in [0.15, 0.2) is 0 Å². The van der Waals surface area contributed by atoms with E-state index in [1.54, 1.807) is 0 Å². The Labute approximate surface area is 98.8 Å². The highest BCUT2D eigenvalue weighted by atomic mass is 32.2. The number of rotatable bonds is 4. The van der Waals surface area contributed by atoms with Gasteiger partial charge in [-0.2, -0.15) is 11.8 Å². The van der Waals surface area contributed by atoms with Crippen LogP contribution in [0, 0.1) is 5.92 Å². The summed E-state index contributed by atoms with van der Waals surface area (Å²) in [5.74, 6) is 0.966. The van der Waals surface area contributed by atoms with E-state index in [-0.39, 0.29) is 0 Å². The molecule has 0 saturated heterocycles. The molecular formula is C13H25NS. The van der Waals surface area contributed by atoms with Crippen LogP contribution in [0.3, 0.4) is 0 Å². The van der Waals surface area contributed by atoms with Gasteiger partial charge < -0.3 is 5.32 Å². The third kappa shape index (κ3) is 2.71. The highest BCUT2D eigenvalue weighted by Gasteiger charge is 2.32. The molecule has 0 aromatic carbocycles. The van der Waals surface area contributed by atoms with Gasteiger partial charge in [-0.3, -0.25) is 0 Å². The fraction of sp³-hybridized carbons (Fsp3) is 1.00. The van der Waals surface area contributed by atoms with Gasteiger partial charge in [-0.05, 0) is 37.9 Å². The van der Waals surface area contributed by atoms with Crippen LogP contribution in [0.2, 0.25) is 0 Å². The van der Waals surface area contributed by atoms with Crippen molar-refractivity contribution in [2.75, 3.05) is 6.26 Å². The lowest BCUT2D eigenvalue weighted by molar-refractivity contribution is 0.351. The van der Waals surface area contributed by atoms with Gasteiger partial charge in [0.1, 0.15) is 0 Å². The van der Waals surface area contributed by atoms with Crippen molar-refractivity contribution in [1.82, 2.24) is 5.32 Å². The molecule has 1 N–H and O–H groups in total. The van der Waals surface area contributed by atoms with Crippen molar-refractivity contribution >= 4 is 11.8 Å². The first-order valence-electron chi connectivity index (χ1n) is 6.64. The number of hydrogen-bond donors (Lipinski definition) is 1. The molecule has 0 amide bonds. The zero-order valence-corrected chi connectivity index (χ0v) is 11.0. The van der Waals surface area contributed by atoms with Crippen molar-refractivity contribution in [2.24, 2.45) is 5.92 Å². The van der Waals surface area contributed by atoms with Crippen LogP contribution in [0.25, 0.3) is 0 Å². The quantitative estimate of drug-likeness (QED) is 0.789. The molecule has 0 aliphatic heterocycles. The van der Waals surface area contributed by atoms with E-state index in [4.69, 9.17) is 0 Å². The summed E-state index contributed by atoms with van der Waals surface area (Å²) >= 11 is 2.07. The molecule has 2 fully saturated rings. The molecule has 88 valence electrons. The van der Waals surface area contributed by atoms with Crippen LogP contribution in [-0.2, 0) is 0 Å². The lowest BCUT2D eigenvalue weighted by Crippen LogP contribution is -2.43. The van der Waals surface area contributed by atoms with Gasteiger partial charge in [0.2, 0.25) is 0 Å². The van der Waals surface area contributed by atoms with Crippen LogP contribution in [0.4, 0.5) is 0 Å². The van der Waals surface area contributed by atoms with E-state index < -0.39 is 0 Å². The predicted octanol–water partition coefficient (Wildman–Crippen LogP) is 3.44. The molecule has 4 unspecified atom stereocenters. The van der Waals surface area contributed by atoms with Gasteiger partial charge in [0.25, 0.3) is 0 Å². The summed E-state index contributed by atoms with van der Waals surface area (Å²) in [5, 5.41) is 4.85. The topological polar surface area (TPSA) is 12.0 Å². The van der Waals surface area contributed by atoms with E-state index in [1.165, 1.54) is 44.9 Å². The lowest BCUT2D eigenvalue weighted by atomic mass is 9.99. The summed E-state index contributed by atoms with van der Waals surface area (Å²) in [5.41, 5.74) is 0. The number of hydrogen-bond acceptors (Lipinski definition) is 2. The van der Waals surface area contributed by atoms with Gasteiger partial charge in [0.05, 0.1) is 0 Å². The molecule has 1 nitrogen and oxygen atoms in total. The Morgan fingerprint density at radius 3 is 2.53 bits per heavy atom. The summed E-state index contributed by atoms with van der Waals surface area (Å²) in [6.07, 6.45) is 12.3. The minimum Gasteiger partial charge on any atom is -0.310 e. The second-order valence-electron chi connectivity index (χ2n) is 5.18. The van der Waals surface area contributed by atoms with Crippen LogP contribution < -0.4 is 5.32 Å². The minimum absolute atomic E-state index is 0.817. The molecule has 2 saturated carbocycles. The third-order valence-corrected chi connectivity index (χ3v) is 5.54. The summed E-state index contributed by atoms with van der Waals surface area (Å²) in [7, 11) is 0. The normalized spacial score (nSPS) is 41.2. The van der Waals surface area contributed by atoms with E-state index >= 15 is 0 Å². The molecule has 0 bridgehead atoms. The van der Waals surface area contributed by atoms with Gasteiger partial charge in [-0.25, -0.2) is 0 Å². The molecule has 4 atom stereocenters. The van der Waals surface area contributed by atoms with Crippen LogP contribution >= 0.6 is 11.8 Å². The smallest absolute Gasteiger partial charge is 0.0198 e. The second-order valence-corrected chi connectivity index (χ2v) is 6.26. The van der Waals surface area contributed by atoms with E-state index in [9.17, 15) is 0 Å². The third-order valence-electron chi connectivity index (χ3n) is 4.37. The molecular weight excluding hydrogens is 202 g/mol. The van der Waals surface area contributed by atoms with E-state index in [1.807, 2.05) is 0 Å². The lowest BCUT2D eigenvalue weighted by Gasteiger charge is -2.27. The molecule has 15 heavy (non-hydrogen) atoms. The molecule has 0 spiro atoms. The van der Waals surface area contributed by atoms with Crippen molar-refractivity contribution in [3.63, 3.8) is 0 Å². The standard InChI is InChI=1S/C13H25NS/c1-3-10-6-4-7-11(10)14-12-8-5-9-13(12)15-2/h10-14H,3-9H2,1-2H3. The van der Waals surface area contributed by atoms with Crippen LogP contribution in [-0.4, -0.2) is 23.6 Å². The monoisotopic (exact) mass is 227 g/mol. The van der Waals surface area contributed by atoms with Crippen LogP contribution in [0.1, 0.15) is 51.9 Å². The highest BCUT2D eigenvalue weighted by molar-refractivity contribution is 7.99. The molecule has 2 aliphatic rings. The molecule has 2 heteroatoms. The Balaban J connectivity index is 1.84. The average Bonchev–Trinajstić information content (AvgIpc) is 2.87. The van der Waals surface area contributed by atoms with E-state index in [0.717, 1.165) is 23.3 Å². The molecule has 2 aliphatic carbocycles. The average molecular weight is 227 g/mol. The summed E-state index contributed by atoms with van der Waals surface area (Å²) in [6.45, 7) is 2.35. The largest absolute Gasteiger partial charge is 0.310 e. The predicted molar refractivity (Wildman–Crippen MR) is 69.5 cm³/mol. The van der Waals surface area contributed by atoms with Crippen LogP contribution in [0.5, 0.6) is 0 Å². The number of thioether (sulfide) groups is 1. The molecule has 0 aromatic rings. The first-order valence-corrected chi connectivity index (χ1v) is 7.92. The summed E-state index contributed by atoms with van der Waals surface area (Å²) in [4.78, 5) is 0. The highest BCUT2D eigenvalue weighted by Crippen LogP contribution is 2.33. The first kappa shape index (κ1) is 11.8. The Morgan fingerprint density at radius 2 is 1.80 bits per heavy atom. The SMILES string of the molecule is CCC1CCCC1NC1CCCC1SC. The Hall–Kier alpha value is 0.310. The van der Waals surface area contributed by atoms with Crippen molar-refractivity contribution in [2.45, 2.75) is 69.2 Å². The summed E-state index contributed by atoms with van der Waals surface area (Å²) in [6, 6.07) is 1.66. The summed E-state index contributed by atoms with van der Waals surface area (Å²) < 4.78 is 0. The maximum absolute atomic E-state index is 3.96. The minimum atomic E-state index is 0.817. The maximum atomic E-state index is 3.96. The molecule has 0 aromatic heterocycles. The fourth-order valence-corrected chi connectivity index (χ4v) is 4.36.